The summed E-state index contributed by atoms with van der Waals surface area (Å²) in [4.78, 5) is 0. The standard InChI is InChI=1S/C19H24N4O6S/c1-26-12-5-6-15(16(9-12)22-19(20)21)23-30(24,25)8-7-14-17(28-3)10-13(27-2)11-18(14)29-4/h5-11,23H,1-4H3,(H4,20,21,22)/b8-7+. The van der Waals surface area contributed by atoms with Gasteiger partial charge in [-0.15, -0.1) is 0 Å². The summed E-state index contributed by atoms with van der Waals surface area (Å²) < 4.78 is 48.6. The fourth-order valence-corrected chi connectivity index (χ4v) is 3.40. The number of guanidine groups is 1. The van der Waals surface area contributed by atoms with E-state index in [4.69, 9.17) is 30.1 Å². The van der Waals surface area contributed by atoms with Gasteiger partial charge in [-0.05, 0) is 18.2 Å². The van der Waals surface area contributed by atoms with Crippen LogP contribution in [0.2, 0.25) is 0 Å². The number of hydrogen-bond donors (Lipinski definition) is 4. The van der Waals surface area contributed by atoms with Gasteiger partial charge in [-0.1, -0.05) is 0 Å². The number of benzene rings is 2. The summed E-state index contributed by atoms with van der Waals surface area (Å²) in [6, 6.07) is 7.80. The highest BCUT2D eigenvalue weighted by atomic mass is 32.2. The van der Waals surface area contributed by atoms with Crippen molar-refractivity contribution < 1.29 is 27.4 Å². The highest BCUT2D eigenvalue weighted by Crippen LogP contribution is 2.35. The molecule has 0 aliphatic heterocycles. The average Bonchev–Trinajstić information content (AvgIpc) is 2.72. The molecule has 0 aliphatic carbocycles. The van der Waals surface area contributed by atoms with Crippen molar-refractivity contribution in [1.82, 2.24) is 0 Å². The van der Waals surface area contributed by atoms with E-state index >= 15 is 0 Å². The zero-order chi connectivity index (χ0) is 22.3. The van der Waals surface area contributed by atoms with Gasteiger partial charge in [0.2, 0.25) is 0 Å². The number of methoxy groups -OCH3 is 4. The number of ether oxygens (including phenoxy) is 4. The van der Waals surface area contributed by atoms with Gasteiger partial charge >= 0.3 is 0 Å². The van der Waals surface area contributed by atoms with Gasteiger partial charge in [0.15, 0.2) is 5.96 Å². The summed E-state index contributed by atoms with van der Waals surface area (Å²) in [6.07, 6.45) is 1.35. The van der Waals surface area contributed by atoms with Crippen molar-refractivity contribution in [3.05, 3.63) is 41.3 Å². The Bertz CT molecular complexity index is 1030. The molecule has 0 aromatic heterocycles. The third-order valence-electron chi connectivity index (χ3n) is 3.92. The van der Waals surface area contributed by atoms with Crippen molar-refractivity contribution >= 4 is 33.4 Å². The Morgan fingerprint density at radius 1 is 0.933 bits per heavy atom. The maximum absolute atomic E-state index is 12.6. The van der Waals surface area contributed by atoms with Crippen LogP contribution in [0, 0.1) is 5.41 Å². The normalized spacial score (nSPS) is 11.1. The van der Waals surface area contributed by atoms with Crippen LogP contribution in [0.25, 0.3) is 6.08 Å². The third kappa shape index (κ3) is 5.70. The van der Waals surface area contributed by atoms with Gasteiger partial charge in [0.05, 0.1) is 50.8 Å². The molecule has 0 radical (unpaired) electrons. The van der Waals surface area contributed by atoms with E-state index < -0.39 is 10.0 Å². The quantitative estimate of drug-likeness (QED) is 0.346. The van der Waals surface area contributed by atoms with E-state index in [1.165, 1.54) is 46.6 Å². The average molecular weight is 436 g/mol. The molecule has 0 aliphatic rings. The van der Waals surface area contributed by atoms with Crippen molar-refractivity contribution in [2.45, 2.75) is 0 Å². The fourth-order valence-electron chi connectivity index (χ4n) is 2.53. The molecule has 0 unspecified atom stereocenters. The van der Waals surface area contributed by atoms with E-state index in [9.17, 15) is 8.42 Å². The third-order valence-corrected chi connectivity index (χ3v) is 4.91. The van der Waals surface area contributed by atoms with Crippen LogP contribution in [0.3, 0.4) is 0 Å². The van der Waals surface area contributed by atoms with Gasteiger partial charge in [-0.2, -0.15) is 0 Å². The van der Waals surface area contributed by atoms with Crippen LogP contribution < -0.4 is 34.7 Å². The number of anilines is 2. The van der Waals surface area contributed by atoms with Crippen molar-refractivity contribution in [3.63, 3.8) is 0 Å². The summed E-state index contributed by atoms with van der Waals surface area (Å²) in [7, 11) is 1.93. The predicted octanol–water partition coefficient (Wildman–Crippen LogP) is 2.44. The summed E-state index contributed by atoms with van der Waals surface area (Å²) in [5, 5.41) is 10.9. The fraction of sp³-hybridized carbons (Fsp3) is 0.211. The van der Waals surface area contributed by atoms with E-state index in [1.54, 1.807) is 18.2 Å². The molecule has 0 atom stereocenters. The van der Waals surface area contributed by atoms with E-state index in [0.29, 0.717) is 28.6 Å². The van der Waals surface area contributed by atoms with Crippen LogP contribution in [-0.2, 0) is 10.0 Å². The largest absolute Gasteiger partial charge is 0.497 e. The molecule has 2 rings (SSSR count). The highest BCUT2D eigenvalue weighted by Gasteiger charge is 2.15. The van der Waals surface area contributed by atoms with Gasteiger partial charge in [0, 0.05) is 18.2 Å². The minimum atomic E-state index is -3.94. The van der Waals surface area contributed by atoms with E-state index in [1.807, 2.05) is 0 Å². The van der Waals surface area contributed by atoms with Crippen LogP contribution in [0.5, 0.6) is 23.0 Å². The molecule has 0 heterocycles. The number of hydrogen-bond acceptors (Lipinski definition) is 7. The van der Waals surface area contributed by atoms with Gasteiger partial charge in [-0.3, -0.25) is 10.1 Å². The van der Waals surface area contributed by atoms with Gasteiger partial charge in [-0.25, -0.2) is 8.42 Å². The summed E-state index contributed by atoms with van der Waals surface area (Å²) in [5.41, 5.74) is 6.24. The Labute approximate surface area is 175 Å². The molecular weight excluding hydrogens is 412 g/mol. The second-order valence-corrected chi connectivity index (χ2v) is 7.41. The van der Waals surface area contributed by atoms with E-state index in [2.05, 4.69) is 10.0 Å². The monoisotopic (exact) mass is 436 g/mol. The highest BCUT2D eigenvalue weighted by molar-refractivity contribution is 7.95. The molecule has 0 spiro atoms. The maximum atomic E-state index is 12.6. The summed E-state index contributed by atoms with van der Waals surface area (Å²) in [6.45, 7) is 0. The molecule has 0 saturated carbocycles. The first-order chi connectivity index (χ1) is 14.2. The van der Waals surface area contributed by atoms with Gasteiger partial charge in [0.1, 0.15) is 23.0 Å². The molecule has 10 nitrogen and oxygen atoms in total. The first kappa shape index (κ1) is 22.7. The van der Waals surface area contributed by atoms with Gasteiger partial charge < -0.3 is 30.0 Å². The van der Waals surface area contributed by atoms with Crippen LogP contribution in [0.1, 0.15) is 5.56 Å². The van der Waals surface area contributed by atoms with Crippen LogP contribution in [0.4, 0.5) is 11.4 Å². The minimum absolute atomic E-state index is 0.185. The topological polar surface area (TPSA) is 145 Å². The Kier molecular flexibility index (Phi) is 7.37. The number of rotatable bonds is 9. The van der Waals surface area contributed by atoms with E-state index in [-0.39, 0.29) is 17.3 Å². The first-order valence-electron chi connectivity index (χ1n) is 8.53. The van der Waals surface area contributed by atoms with Crippen molar-refractivity contribution in [2.24, 2.45) is 5.73 Å². The smallest absolute Gasteiger partial charge is 0.255 e. The minimum Gasteiger partial charge on any atom is -0.497 e. The lowest BCUT2D eigenvalue weighted by molar-refractivity contribution is 0.374. The summed E-state index contributed by atoms with van der Waals surface area (Å²) in [5.74, 6) is 1.36. The molecule has 0 amide bonds. The number of sulfonamides is 1. The lowest BCUT2D eigenvalue weighted by Crippen LogP contribution is -2.22. The zero-order valence-electron chi connectivity index (χ0n) is 17.0. The molecule has 0 fully saturated rings. The SMILES string of the molecule is COc1ccc(NS(=O)(=O)/C=C/c2c(OC)cc(OC)cc2OC)c(NC(=N)N)c1. The van der Waals surface area contributed by atoms with Crippen molar-refractivity contribution in [1.29, 1.82) is 5.41 Å². The molecule has 2 aromatic carbocycles. The molecule has 11 heteroatoms. The van der Waals surface area contributed by atoms with Crippen LogP contribution >= 0.6 is 0 Å². The number of nitrogens with two attached hydrogens (primary N) is 1. The molecule has 30 heavy (non-hydrogen) atoms. The molecule has 0 bridgehead atoms. The molecule has 5 N–H and O–H groups in total. The molecule has 162 valence electrons. The van der Waals surface area contributed by atoms with Crippen molar-refractivity contribution in [2.75, 3.05) is 38.5 Å². The Morgan fingerprint density at radius 3 is 2.03 bits per heavy atom. The number of nitrogens with one attached hydrogen (secondary N) is 3. The van der Waals surface area contributed by atoms with Crippen LogP contribution in [-0.4, -0.2) is 42.8 Å². The van der Waals surface area contributed by atoms with Gasteiger partial charge in [0.25, 0.3) is 10.0 Å². The Morgan fingerprint density at radius 2 is 1.53 bits per heavy atom. The molecular formula is C19H24N4O6S. The van der Waals surface area contributed by atoms with Crippen molar-refractivity contribution in [3.8, 4) is 23.0 Å². The maximum Gasteiger partial charge on any atom is 0.255 e. The van der Waals surface area contributed by atoms with E-state index in [0.717, 1.165) is 5.41 Å². The lowest BCUT2D eigenvalue weighted by Gasteiger charge is -2.14. The Hall–Kier alpha value is -3.60. The Balaban J connectivity index is 2.39. The predicted molar refractivity (Wildman–Crippen MR) is 116 cm³/mol. The molecule has 0 saturated heterocycles. The lowest BCUT2D eigenvalue weighted by atomic mass is 10.1. The first-order valence-corrected chi connectivity index (χ1v) is 10.1. The molecule has 2 aromatic rings. The zero-order valence-corrected chi connectivity index (χ0v) is 17.8. The van der Waals surface area contributed by atoms with Crippen LogP contribution in [0.15, 0.2) is 35.7 Å². The second kappa shape index (κ2) is 9.74. The summed E-state index contributed by atoms with van der Waals surface area (Å²) >= 11 is 0. The second-order valence-electron chi connectivity index (χ2n) is 5.85.